The number of hydrogen-bond donors (Lipinski definition) is 1. The molecule has 1 saturated heterocycles. The van der Waals surface area contributed by atoms with Gasteiger partial charge in [-0.1, -0.05) is 19.9 Å². The minimum absolute atomic E-state index is 0.102. The second-order valence-electron chi connectivity index (χ2n) is 9.42. The molecule has 31 heavy (non-hydrogen) atoms. The smallest absolute Gasteiger partial charge is 0.411 e. The van der Waals surface area contributed by atoms with Crippen molar-refractivity contribution < 1.29 is 28.8 Å². The summed E-state index contributed by atoms with van der Waals surface area (Å²) in [4.78, 5) is 14.9. The topological polar surface area (TPSA) is 77.5 Å². The third-order valence-corrected chi connectivity index (χ3v) is 5.59. The molecule has 3 atom stereocenters. The van der Waals surface area contributed by atoms with E-state index in [4.69, 9.17) is 18.9 Å². The molecule has 1 amide bonds. The number of carbonyl (C=O) groups excluding carboxylic acids is 1. The Labute approximate surface area is 186 Å². The van der Waals surface area contributed by atoms with E-state index in [9.17, 15) is 9.90 Å². The number of likely N-dealkylation sites (tertiary alicyclic amines) is 1. The standard InChI is InChI=1S/C24H39NO6/c1-16(2)19-14-18(15-26)25(23(27)31-24(3,4)5)22(19)17-9-10-20(29-7)21(13-17)30-12-8-11-28-6/h9-10,13,16,18-19,22,26H,8,11-12,14-15H2,1-7H3. The van der Waals surface area contributed by atoms with Crippen LogP contribution in [-0.2, 0) is 9.47 Å². The summed E-state index contributed by atoms with van der Waals surface area (Å²) in [7, 11) is 3.27. The van der Waals surface area contributed by atoms with Gasteiger partial charge in [-0.3, -0.25) is 4.90 Å². The second kappa shape index (κ2) is 11.0. The molecular weight excluding hydrogens is 398 g/mol. The molecule has 0 aliphatic carbocycles. The summed E-state index contributed by atoms with van der Waals surface area (Å²) in [6, 6.07) is 5.28. The summed E-state index contributed by atoms with van der Waals surface area (Å²) in [6.07, 6.45) is 1.07. The van der Waals surface area contributed by atoms with Crippen LogP contribution in [0.1, 0.15) is 59.1 Å². The van der Waals surface area contributed by atoms with Gasteiger partial charge in [0.1, 0.15) is 5.60 Å². The van der Waals surface area contributed by atoms with E-state index in [1.165, 1.54) is 0 Å². The Kier molecular flexibility index (Phi) is 9.01. The van der Waals surface area contributed by atoms with Gasteiger partial charge in [0.2, 0.25) is 0 Å². The van der Waals surface area contributed by atoms with E-state index in [0.717, 1.165) is 12.0 Å². The number of methoxy groups -OCH3 is 2. The Hall–Kier alpha value is -1.99. The van der Waals surface area contributed by atoms with Crippen LogP contribution in [0.15, 0.2) is 18.2 Å². The monoisotopic (exact) mass is 437 g/mol. The van der Waals surface area contributed by atoms with E-state index >= 15 is 0 Å². The van der Waals surface area contributed by atoms with Gasteiger partial charge in [0.05, 0.1) is 32.4 Å². The van der Waals surface area contributed by atoms with Crippen molar-refractivity contribution in [2.75, 3.05) is 34.0 Å². The van der Waals surface area contributed by atoms with Crippen LogP contribution in [0.5, 0.6) is 11.5 Å². The molecule has 1 aromatic rings. The lowest BCUT2D eigenvalue weighted by Gasteiger charge is -2.34. The highest BCUT2D eigenvalue weighted by Crippen LogP contribution is 2.46. The maximum Gasteiger partial charge on any atom is 0.411 e. The molecule has 1 heterocycles. The Bertz CT molecular complexity index is 715. The molecule has 0 radical (unpaired) electrons. The summed E-state index contributed by atoms with van der Waals surface area (Å²) in [5, 5.41) is 10.0. The summed E-state index contributed by atoms with van der Waals surface area (Å²) in [5.74, 6) is 1.78. The van der Waals surface area contributed by atoms with Crippen LogP contribution in [0.25, 0.3) is 0 Å². The average Bonchev–Trinajstić information content (AvgIpc) is 3.10. The lowest BCUT2D eigenvalue weighted by atomic mass is 9.84. The number of aliphatic hydroxyl groups is 1. The van der Waals surface area contributed by atoms with Crippen molar-refractivity contribution in [1.29, 1.82) is 0 Å². The van der Waals surface area contributed by atoms with Crippen LogP contribution in [0, 0.1) is 11.8 Å². The molecule has 176 valence electrons. The number of nitrogens with zero attached hydrogens (tertiary/aromatic N) is 1. The van der Waals surface area contributed by atoms with Gasteiger partial charge in [0.15, 0.2) is 11.5 Å². The van der Waals surface area contributed by atoms with Crippen LogP contribution in [0.3, 0.4) is 0 Å². The highest BCUT2D eigenvalue weighted by molar-refractivity contribution is 5.70. The summed E-state index contributed by atoms with van der Waals surface area (Å²) in [5.41, 5.74) is 0.329. The molecule has 7 heteroatoms. The molecular formula is C24H39NO6. The lowest BCUT2D eigenvalue weighted by Crippen LogP contribution is -2.43. The Balaban J connectivity index is 2.42. The van der Waals surface area contributed by atoms with Crippen molar-refractivity contribution >= 4 is 6.09 Å². The minimum atomic E-state index is -0.618. The second-order valence-corrected chi connectivity index (χ2v) is 9.42. The van der Waals surface area contributed by atoms with Gasteiger partial charge >= 0.3 is 6.09 Å². The van der Waals surface area contributed by atoms with Crippen molar-refractivity contribution in [1.82, 2.24) is 4.90 Å². The van der Waals surface area contributed by atoms with Gasteiger partial charge in [-0.25, -0.2) is 4.79 Å². The first-order chi connectivity index (χ1) is 14.6. The lowest BCUT2D eigenvalue weighted by molar-refractivity contribution is 0.00649. The van der Waals surface area contributed by atoms with Gasteiger partial charge in [0, 0.05) is 20.1 Å². The normalized spacial score (nSPS) is 21.5. The Morgan fingerprint density at radius 3 is 2.45 bits per heavy atom. The van der Waals surface area contributed by atoms with Crippen LogP contribution >= 0.6 is 0 Å². The van der Waals surface area contributed by atoms with Gasteiger partial charge in [-0.15, -0.1) is 0 Å². The first kappa shape index (κ1) is 25.3. The molecule has 1 fully saturated rings. The fourth-order valence-electron chi connectivity index (χ4n) is 4.15. The number of carbonyl (C=O) groups is 1. The highest BCUT2D eigenvalue weighted by atomic mass is 16.6. The Morgan fingerprint density at radius 2 is 1.90 bits per heavy atom. The first-order valence-electron chi connectivity index (χ1n) is 11.0. The van der Waals surface area contributed by atoms with Gasteiger partial charge in [-0.05, 0) is 56.7 Å². The number of benzene rings is 1. The maximum atomic E-state index is 13.2. The van der Waals surface area contributed by atoms with Crippen LogP contribution < -0.4 is 9.47 Å². The molecule has 0 bridgehead atoms. The fourth-order valence-corrected chi connectivity index (χ4v) is 4.15. The van der Waals surface area contributed by atoms with Crippen LogP contribution in [0.4, 0.5) is 4.79 Å². The largest absolute Gasteiger partial charge is 0.493 e. The number of ether oxygens (including phenoxy) is 4. The van der Waals surface area contributed by atoms with E-state index in [-0.39, 0.29) is 24.6 Å². The predicted molar refractivity (Wildman–Crippen MR) is 120 cm³/mol. The van der Waals surface area contributed by atoms with E-state index in [1.54, 1.807) is 19.1 Å². The number of hydrogen-bond acceptors (Lipinski definition) is 6. The highest BCUT2D eigenvalue weighted by Gasteiger charge is 2.47. The molecule has 1 N–H and O–H groups in total. The minimum Gasteiger partial charge on any atom is -0.493 e. The van der Waals surface area contributed by atoms with Crippen LogP contribution in [-0.4, -0.2) is 61.8 Å². The number of rotatable bonds is 9. The molecule has 0 saturated carbocycles. The molecule has 1 aliphatic heterocycles. The van der Waals surface area contributed by atoms with Crippen molar-refractivity contribution in [3.8, 4) is 11.5 Å². The zero-order chi connectivity index (χ0) is 23.2. The van der Waals surface area contributed by atoms with E-state index in [1.807, 2.05) is 39.0 Å². The Morgan fingerprint density at radius 1 is 1.19 bits per heavy atom. The summed E-state index contributed by atoms with van der Waals surface area (Å²) in [6.45, 7) is 10.9. The third-order valence-electron chi connectivity index (χ3n) is 5.59. The fraction of sp³-hybridized carbons (Fsp3) is 0.708. The molecule has 0 spiro atoms. The SMILES string of the molecule is COCCCOc1cc(C2C(C(C)C)CC(CO)N2C(=O)OC(C)(C)C)ccc1OC. The maximum absolute atomic E-state index is 13.2. The van der Waals surface area contributed by atoms with Crippen molar-refractivity contribution in [3.63, 3.8) is 0 Å². The zero-order valence-corrected chi connectivity index (χ0v) is 20.0. The third kappa shape index (κ3) is 6.50. The average molecular weight is 438 g/mol. The zero-order valence-electron chi connectivity index (χ0n) is 20.0. The number of amides is 1. The molecule has 1 aromatic carbocycles. The molecule has 1 aliphatic rings. The molecule has 3 unspecified atom stereocenters. The van der Waals surface area contributed by atoms with Crippen molar-refractivity contribution in [2.45, 2.75) is 65.1 Å². The van der Waals surface area contributed by atoms with Gasteiger partial charge in [-0.2, -0.15) is 0 Å². The van der Waals surface area contributed by atoms with E-state index in [0.29, 0.717) is 37.1 Å². The summed E-state index contributed by atoms with van der Waals surface area (Å²) < 4.78 is 22.2. The van der Waals surface area contributed by atoms with E-state index < -0.39 is 11.7 Å². The van der Waals surface area contributed by atoms with E-state index in [2.05, 4.69) is 13.8 Å². The number of aliphatic hydroxyl groups excluding tert-OH is 1. The van der Waals surface area contributed by atoms with Crippen molar-refractivity contribution in [3.05, 3.63) is 23.8 Å². The molecule has 2 rings (SSSR count). The predicted octanol–water partition coefficient (Wildman–Crippen LogP) is 4.43. The summed E-state index contributed by atoms with van der Waals surface area (Å²) >= 11 is 0. The first-order valence-corrected chi connectivity index (χ1v) is 11.0. The van der Waals surface area contributed by atoms with Crippen molar-refractivity contribution in [2.24, 2.45) is 11.8 Å². The quantitative estimate of drug-likeness (QED) is 0.576. The van der Waals surface area contributed by atoms with Crippen LogP contribution in [0.2, 0.25) is 0 Å². The molecule has 0 aromatic heterocycles. The van der Waals surface area contributed by atoms with Gasteiger partial charge in [0.25, 0.3) is 0 Å². The van der Waals surface area contributed by atoms with Gasteiger partial charge < -0.3 is 24.1 Å². The molecule has 7 nitrogen and oxygen atoms in total.